The van der Waals surface area contributed by atoms with Gasteiger partial charge in [0.1, 0.15) is 5.15 Å². The number of pyridine rings is 1. The van der Waals surface area contributed by atoms with Gasteiger partial charge >= 0.3 is 6.18 Å². The molecular weight excluding hydrogens is 480 g/mol. The number of aliphatic imine (C=N–C) groups is 1. The van der Waals surface area contributed by atoms with Gasteiger partial charge in [0.2, 0.25) is 5.96 Å². The SMILES string of the molecule is CC(Cl)(Cl)C(/N=C(\NC#N)Nc1ccc(Cl)nc1)NC(=O)c1ccc(C(F)(F)F)cc1. The molecule has 1 unspecified atom stereocenters. The number of carbonyl (C=O) groups excluding carboxylic acids is 1. The van der Waals surface area contributed by atoms with Crippen LogP contribution in [0.5, 0.6) is 0 Å². The zero-order valence-corrected chi connectivity index (χ0v) is 17.9. The van der Waals surface area contributed by atoms with E-state index >= 15 is 0 Å². The maximum atomic E-state index is 12.7. The summed E-state index contributed by atoms with van der Waals surface area (Å²) in [4.78, 5) is 20.5. The third-order valence-corrected chi connectivity index (χ3v) is 4.28. The van der Waals surface area contributed by atoms with Crippen molar-refractivity contribution in [2.75, 3.05) is 5.32 Å². The lowest BCUT2D eigenvalue weighted by atomic mass is 10.1. The van der Waals surface area contributed by atoms with Gasteiger partial charge in [-0.1, -0.05) is 34.8 Å². The first-order valence-electron chi connectivity index (χ1n) is 8.37. The number of aromatic nitrogens is 1. The molecule has 1 aromatic carbocycles. The van der Waals surface area contributed by atoms with Gasteiger partial charge in [-0.05, 0) is 43.3 Å². The molecule has 0 spiro atoms. The second kappa shape index (κ2) is 10.0. The topological polar surface area (TPSA) is 102 Å². The van der Waals surface area contributed by atoms with Crippen LogP contribution >= 0.6 is 34.8 Å². The summed E-state index contributed by atoms with van der Waals surface area (Å²) in [7, 11) is 0. The number of hydrogen-bond acceptors (Lipinski definition) is 4. The van der Waals surface area contributed by atoms with Crippen molar-refractivity contribution in [2.24, 2.45) is 4.99 Å². The fourth-order valence-corrected chi connectivity index (χ4v) is 2.47. The lowest BCUT2D eigenvalue weighted by Gasteiger charge is -2.25. The average molecular weight is 494 g/mol. The maximum absolute atomic E-state index is 12.7. The first-order chi connectivity index (χ1) is 14.4. The molecule has 2 aromatic rings. The van der Waals surface area contributed by atoms with Crippen LogP contribution in [0, 0.1) is 11.5 Å². The number of rotatable bonds is 5. The highest BCUT2D eigenvalue weighted by atomic mass is 35.5. The molecule has 0 aliphatic carbocycles. The van der Waals surface area contributed by atoms with Gasteiger partial charge in [0.05, 0.1) is 17.4 Å². The van der Waals surface area contributed by atoms with E-state index in [9.17, 15) is 18.0 Å². The Labute approximate surface area is 190 Å². The summed E-state index contributed by atoms with van der Waals surface area (Å²) in [5.41, 5.74) is -0.570. The minimum absolute atomic E-state index is 0.0737. The van der Waals surface area contributed by atoms with Crippen LogP contribution < -0.4 is 16.0 Å². The van der Waals surface area contributed by atoms with Crippen molar-refractivity contribution < 1.29 is 18.0 Å². The summed E-state index contributed by atoms with van der Waals surface area (Å²) in [6, 6.07) is 6.60. The highest BCUT2D eigenvalue weighted by Crippen LogP contribution is 2.29. The van der Waals surface area contributed by atoms with Crippen LogP contribution in [0.25, 0.3) is 0 Å². The second-order valence-electron chi connectivity index (χ2n) is 6.12. The van der Waals surface area contributed by atoms with Crippen molar-refractivity contribution >= 4 is 52.4 Å². The van der Waals surface area contributed by atoms with E-state index in [0.29, 0.717) is 5.69 Å². The van der Waals surface area contributed by atoms with Gasteiger partial charge in [0.15, 0.2) is 16.7 Å². The van der Waals surface area contributed by atoms with E-state index in [-0.39, 0.29) is 16.7 Å². The zero-order valence-electron chi connectivity index (χ0n) is 15.6. The van der Waals surface area contributed by atoms with E-state index in [1.807, 2.05) is 0 Å². The van der Waals surface area contributed by atoms with Crippen molar-refractivity contribution in [1.82, 2.24) is 15.6 Å². The number of guanidine groups is 1. The van der Waals surface area contributed by atoms with E-state index in [2.05, 4.69) is 25.9 Å². The smallest absolute Gasteiger partial charge is 0.328 e. The molecule has 1 amide bonds. The third kappa shape index (κ3) is 7.47. The van der Waals surface area contributed by atoms with Crippen molar-refractivity contribution in [1.29, 1.82) is 5.26 Å². The normalized spacial score (nSPS) is 13.2. The molecule has 31 heavy (non-hydrogen) atoms. The number of nitrogens with one attached hydrogen (secondary N) is 3. The summed E-state index contributed by atoms with van der Waals surface area (Å²) < 4.78 is 36.4. The quantitative estimate of drug-likeness (QED) is 0.142. The van der Waals surface area contributed by atoms with Crippen LogP contribution in [0.2, 0.25) is 5.15 Å². The number of amides is 1. The fraction of sp³-hybridized carbons (Fsp3) is 0.222. The standard InChI is InChI=1S/C18H14Cl3F3N6O/c1-17(20,21)15(29-14(31)10-2-4-11(5-3-10)18(22,23)24)30-16(27-9-25)28-12-6-7-13(19)26-8-12/h2-8,15H,1H3,(H,29,31)(H2,27,28,30). The number of carbonyl (C=O) groups is 1. The molecule has 0 radical (unpaired) electrons. The summed E-state index contributed by atoms with van der Waals surface area (Å²) in [5.74, 6) is -0.906. The minimum atomic E-state index is -4.53. The molecule has 0 saturated heterocycles. The van der Waals surface area contributed by atoms with Gasteiger partial charge in [-0.15, -0.1) is 0 Å². The van der Waals surface area contributed by atoms with E-state index in [0.717, 1.165) is 24.3 Å². The van der Waals surface area contributed by atoms with Crippen LogP contribution in [-0.2, 0) is 6.18 Å². The Bertz CT molecular complexity index is 983. The molecule has 2 rings (SSSR count). The van der Waals surface area contributed by atoms with Crippen LogP contribution in [-0.4, -0.2) is 27.3 Å². The largest absolute Gasteiger partial charge is 0.416 e. The maximum Gasteiger partial charge on any atom is 0.416 e. The number of nitriles is 1. The highest BCUT2D eigenvalue weighted by Gasteiger charge is 2.33. The summed E-state index contributed by atoms with van der Waals surface area (Å²) in [5, 5.41) is 16.6. The Kier molecular flexibility index (Phi) is 7.95. The van der Waals surface area contributed by atoms with Gasteiger partial charge in [-0.2, -0.15) is 18.4 Å². The molecule has 0 fully saturated rings. The van der Waals surface area contributed by atoms with Crippen LogP contribution in [0.1, 0.15) is 22.8 Å². The molecule has 1 aromatic heterocycles. The molecule has 13 heteroatoms. The molecule has 0 saturated carbocycles. The molecule has 1 heterocycles. The first kappa shape index (κ1) is 24.5. The van der Waals surface area contributed by atoms with Gasteiger partial charge in [0.25, 0.3) is 5.91 Å². The number of hydrogen-bond donors (Lipinski definition) is 3. The van der Waals surface area contributed by atoms with Crippen molar-refractivity contribution in [3.05, 3.63) is 58.9 Å². The lowest BCUT2D eigenvalue weighted by molar-refractivity contribution is -0.137. The van der Waals surface area contributed by atoms with Crippen LogP contribution in [0.4, 0.5) is 18.9 Å². The van der Waals surface area contributed by atoms with Crippen molar-refractivity contribution in [3.8, 4) is 6.19 Å². The number of halogens is 6. The molecule has 164 valence electrons. The van der Waals surface area contributed by atoms with Gasteiger partial charge < -0.3 is 10.6 Å². The number of alkyl halides is 5. The van der Waals surface area contributed by atoms with Gasteiger partial charge in [-0.3, -0.25) is 10.1 Å². The molecule has 3 N–H and O–H groups in total. The number of benzene rings is 1. The molecule has 0 bridgehead atoms. The lowest BCUT2D eigenvalue weighted by Crippen LogP contribution is -2.45. The fourth-order valence-electron chi connectivity index (χ4n) is 2.15. The number of anilines is 1. The summed E-state index contributed by atoms with van der Waals surface area (Å²) in [6.07, 6.45) is -2.80. The second-order valence-corrected chi connectivity index (χ2v) is 8.27. The predicted molar refractivity (Wildman–Crippen MR) is 112 cm³/mol. The van der Waals surface area contributed by atoms with E-state index in [1.165, 1.54) is 19.2 Å². The van der Waals surface area contributed by atoms with Gasteiger partial charge in [0, 0.05) is 5.56 Å². The Morgan fingerprint density at radius 2 is 1.84 bits per heavy atom. The molecule has 0 aliphatic heterocycles. The van der Waals surface area contributed by atoms with Crippen LogP contribution in [0.3, 0.4) is 0 Å². The summed E-state index contributed by atoms with van der Waals surface area (Å²) in [6.45, 7) is 1.34. The zero-order chi connectivity index (χ0) is 23.2. The highest BCUT2D eigenvalue weighted by molar-refractivity contribution is 6.48. The Morgan fingerprint density at radius 3 is 2.32 bits per heavy atom. The third-order valence-electron chi connectivity index (χ3n) is 3.64. The molecule has 1 atom stereocenters. The van der Waals surface area contributed by atoms with E-state index < -0.39 is 28.1 Å². The first-order valence-corrected chi connectivity index (χ1v) is 9.51. The summed E-state index contributed by atoms with van der Waals surface area (Å²) >= 11 is 17.9. The Morgan fingerprint density at radius 1 is 1.19 bits per heavy atom. The average Bonchev–Trinajstić information content (AvgIpc) is 2.68. The Hall–Kier alpha value is -2.74. The van der Waals surface area contributed by atoms with Crippen molar-refractivity contribution in [2.45, 2.75) is 23.6 Å². The molecule has 0 aliphatic rings. The minimum Gasteiger partial charge on any atom is -0.328 e. The molecule has 7 nitrogen and oxygen atoms in total. The van der Waals surface area contributed by atoms with E-state index in [1.54, 1.807) is 12.3 Å². The number of nitrogens with zero attached hydrogens (tertiary/aromatic N) is 3. The molecular formula is C18H14Cl3F3N6O. The van der Waals surface area contributed by atoms with Crippen LogP contribution in [0.15, 0.2) is 47.6 Å². The van der Waals surface area contributed by atoms with Gasteiger partial charge in [-0.25, -0.2) is 9.98 Å². The van der Waals surface area contributed by atoms with Crippen molar-refractivity contribution in [3.63, 3.8) is 0 Å². The predicted octanol–water partition coefficient (Wildman–Crippen LogP) is 4.54. The monoisotopic (exact) mass is 492 g/mol. The Balaban J connectivity index is 2.25. The van der Waals surface area contributed by atoms with E-state index in [4.69, 9.17) is 40.1 Å².